The van der Waals surface area contributed by atoms with Gasteiger partial charge in [0, 0.05) is 30.8 Å². The van der Waals surface area contributed by atoms with E-state index in [1.54, 1.807) is 11.7 Å². The summed E-state index contributed by atoms with van der Waals surface area (Å²) < 4.78 is 0. The van der Waals surface area contributed by atoms with Gasteiger partial charge in [0.2, 0.25) is 0 Å². The van der Waals surface area contributed by atoms with Crippen LogP contribution in [0.4, 0.5) is 0 Å². The van der Waals surface area contributed by atoms with Crippen molar-refractivity contribution in [2.75, 3.05) is 19.6 Å². The Balaban J connectivity index is 1.29. The van der Waals surface area contributed by atoms with E-state index in [0.717, 1.165) is 32.6 Å². The number of para-hydroxylation sites is 1. The van der Waals surface area contributed by atoms with Gasteiger partial charge >= 0.3 is 0 Å². The average molecular weight is 340 g/mol. The van der Waals surface area contributed by atoms with E-state index < -0.39 is 0 Å². The second kappa shape index (κ2) is 6.75. The average Bonchev–Trinajstić information content (AvgIpc) is 3.33. The largest absolute Gasteiger partial charge is 0.357 e. The number of nitrogens with zero attached hydrogens (tertiary/aromatic N) is 2. The fourth-order valence-electron chi connectivity index (χ4n) is 3.33. The van der Waals surface area contributed by atoms with Crippen molar-refractivity contribution in [3.8, 4) is 0 Å². The van der Waals surface area contributed by atoms with Crippen LogP contribution < -0.4 is 5.32 Å². The summed E-state index contributed by atoms with van der Waals surface area (Å²) in [4.78, 5) is 22.5. The molecule has 2 N–H and O–H groups in total. The van der Waals surface area contributed by atoms with Crippen LogP contribution in [0.3, 0.4) is 0 Å². The molecule has 1 aliphatic rings. The summed E-state index contributed by atoms with van der Waals surface area (Å²) in [7, 11) is 0. The Morgan fingerprint density at radius 1 is 1.42 bits per heavy atom. The Morgan fingerprint density at radius 3 is 3.17 bits per heavy atom. The first-order valence-corrected chi connectivity index (χ1v) is 9.11. The van der Waals surface area contributed by atoms with Gasteiger partial charge in [0.15, 0.2) is 0 Å². The van der Waals surface area contributed by atoms with Gasteiger partial charge in [0.05, 0.1) is 11.7 Å². The number of rotatable bonds is 5. The molecule has 3 heterocycles. The van der Waals surface area contributed by atoms with E-state index in [9.17, 15) is 4.79 Å². The van der Waals surface area contributed by atoms with Crippen molar-refractivity contribution in [1.29, 1.82) is 0 Å². The highest BCUT2D eigenvalue weighted by molar-refractivity contribution is 7.11. The van der Waals surface area contributed by atoms with Gasteiger partial charge in [0.1, 0.15) is 4.88 Å². The van der Waals surface area contributed by atoms with Gasteiger partial charge in [0.25, 0.3) is 5.91 Å². The maximum atomic E-state index is 12.0. The summed E-state index contributed by atoms with van der Waals surface area (Å²) in [5.74, 6) is 0.512. The molecule has 1 fully saturated rings. The summed E-state index contributed by atoms with van der Waals surface area (Å²) in [5.41, 5.74) is 4.14. The molecular weight excluding hydrogens is 320 g/mol. The SMILES string of the molecule is O=C(NC[C@@H]1CCN(Cc2cc3ccccc3[nH]2)C1)c1cncs1. The Labute approximate surface area is 144 Å². The number of benzene rings is 1. The summed E-state index contributed by atoms with van der Waals surface area (Å²) in [5, 5.41) is 4.29. The molecule has 0 radical (unpaired) electrons. The molecule has 1 amide bonds. The first-order chi connectivity index (χ1) is 11.8. The van der Waals surface area contributed by atoms with E-state index in [4.69, 9.17) is 0 Å². The third-order valence-electron chi connectivity index (χ3n) is 4.56. The first-order valence-electron chi connectivity index (χ1n) is 8.23. The van der Waals surface area contributed by atoms with Crippen LogP contribution in [0.1, 0.15) is 21.8 Å². The van der Waals surface area contributed by atoms with Crippen molar-refractivity contribution >= 4 is 28.1 Å². The maximum Gasteiger partial charge on any atom is 0.263 e. The molecule has 1 aromatic carbocycles. The molecule has 4 rings (SSSR count). The van der Waals surface area contributed by atoms with Crippen LogP contribution in [-0.4, -0.2) is 40.4 Å². The first kappa shape index (κ1) is 15.4. The molecule has 6 heteroatoms. The predicted molar refractivity (Wildman–Crippen MR) is 96.1 cm³/mol. The van der Waals surface area contributed by atoms with E-state index in [1.165, 1.54) is 27.9 Å². The van der Waals surface area contributed by atoms with E-state index in [2.05, 4.69) is 50.5 Å². The number of fused-ring (bicyclic) bond motifs is 1. The quantitative estimate of drug-likeness (QED) is 0.751. The van der Waals surface area contributed by atoms with Crippen molar-refractivity contribution in [2.45, 2.75) is 13.0 Å². The summed E-state index contributed by atoms with van der Waals surface area (Å²) >= 11 is 1.38. The highest BCUT2D eigenvalue weighted by Crippen LogP contribution is 2.21. The number of nitrogens with one attached hydrogen (secondary N) is 2. The molecule has 1 atom stereocenters. The van der Waals surface area contributed by atoms with Crippen molar-refractivity contribution in [3.05, 3.63) is 52.6 Å². The van der Waals surface area contributed by atoms with Crippen LogP contribution in [-0.2, 0) is 6.54 Å². The molecule has 5 nitrogen and oxygen atoms in total. The summed E-state index contributed by atoms with van der Waals surface area (Å²) in [6.45, 7) is 3.78. The lowest BCUT2D eigenvalue weighted by atomic mass is 10.1. The van der Waals surface area contributed by atoms with Gasteiger partial charge in [-0.15, -0.1) is 11.3 Å². The van der Waals surface area contributed by atoms with E-state index in [1.807, 2.05) is 0 Å². The van der Waals surface area contributed by atoms with E-state index in [-0.39, 0.29) is 5.91 Å². The van der Waals surface area contributed by atoms with Gasteiger partial charge in [-0.1, -0.05) is 18.2 Å². The zero-order valence-electron chi connectivity index (χ0n) is 13.4. The molecule has 0 unspecified atom stereocenters. The Morgan fingerprint density at radius 2 is 2.33 bits per heavy atom. The Hall–Kier alpha value is -2.18. The number of H-pyrrole nitrogens is 1. The van der Waals surface area contributed by atoms with Crippen molar-refractivity contribution in [2.24, 2.45) is 5.92 Å². The Kier molecular flexibility index (Phi) is 4.32. The van der Waals surface area contributed by atoms with Gasteiger partial charge in [-0.2, -0.15) is 0 Å². The van der Waals surface area contributed by atoms with Gasteiger partial charge in [-0.25, -0.2) is 0 Å². The van der Waals surface area contributed by atoms with Crippen LogP contribution >= 0.6 is 11.3 Å². The third-order valence-corrected chi connectivity index (χ3v) is 5.33. The number of carbonyl (C=O) groups is 1. The zero-order chi connectivity index (χ0) is 16.4. The third kappa shape index (κ3) is 3.34. The van der Waals surface area contributed by atoms with Gasteiger partial charge in [-0.3, -0.25) is 14.7 Å². The number of likely N-dealkylation sites (tertiary alicyclic amines) is 1. The maximum absolute atomic E-state index is 12.0. The summed E-state index contributed by atoms with van der Waals surface area (Å²) in [6.07, 6.45) is 2.75. The normalized spacial score (nSPS) is 18.2. The highest BCUT2D eigenvalue weighted by Gasteiger charge is 2.23. The van der Waals surface area contributed by atoms with Crippen molar-refractivity contribution in [3.63, 3.8) is 0 Å². The van der Waals surface area contributed by atoms with Crippen LogP contribution in [0.2, 0.25) is 0 Å². The molecule has 124 valence electrons. The number of carbonyl (C=O) groups excluding carboxylic acids is 1. The van der Waals surface area contributed by atoms with Crippen molar-refractivity contribution in [1.82, 2.24) is 20.2 Å². The van der Waals surface area contributed by atoms with Crippen LogP contribution in [0.15, 0.2) is 42.0 Å². The lowest BCUT2D eigenvalue weighted by molar-refractivity contribution is 0.0951. The minimum Gasteiger partial charge on any atom is -0.357 e. The molecule has 3 aromatic rings. The molecule has 1 saturated heterocycles. The molecule has 0 bridgehead atoms. The molecule has 0 saturated carbocycles. The molecule has 0 aliphatic carbocycles. The van der Waals surface area contributed by atoms with Gasteiger partial charge in [-0.05, 0) is 36.4 Å². The van der Waals surface area contributed by atoms with Crippen LogP contribution in [0, 0.1) is 5.92 Å². The molecule has 1 aliphatic heterocycles. The second-order valence-corrected chi connectivity index (χ2v) is 7.23. The Bertz CT molecular complexity index is 794. The minimum absolute atomic E-state index is 0.00781. The number of hydrogen-bond acceptors (Lipinski definition) is 4. The number of hydrogen-bond donors (Lipinski definition) is 2. The number of amides is 1. The van der Waals surface area contributed by atoms with E-state index >= 15 is 0 Å². The lowest BCUT2D eigenvalue weighted by Gasteiger charge is -2.15. The van der Waals surface area contributed by atoms with Crippen molar-refractivity contribution < 1.29 is 4.79 Å². The fourth-order valence-corrected chi connectivity index (χ4v) is 3.87. The standard InChI is InChI=1S/C18H20N4OS/c23-18(17-9-19-12-24-17)20-8-13-5-6-22(10-13)11-15-7-14-3-1-2-4-16(14)21-15/h1-4,7,9,12-13,21H,5-6,8,10-11H2,(H,20,23)/t13-/m0/s1. The van der Waals surface area contributed by atoms with E-state index in [0.29, 0.717) is 10.8 Å². The predicted octanol–water partition coefficient (Wildman–Crippen LogP) is 2.88. The molecular formula is C18H20N4OS. The van der Waals surface area contributed by atoms with Gasteiger partial charge < -0.3 is 10.3 Å². The molecule has 0 spiro atoms. The monoisotopic (exact) mass is 340 g/mol. The van der Waals surface area contributed by atoms with Crippen LogP contribution in [0.25, 0.3) is 10.9 Å². The number of thiazole rings is 1. The molecule has 2 aromatic heterocycles. The van der Waals surface area contributed by atoms with Crippen LogP contribution in [0.5, 0.6) is 0 Å². The zero-order valence-corrected chi connectivity index (χ0v) is 14.2. The number of aromatic nitrogens is 2. The minimum atomic E-state index is -0.00781. The number of aromatic amines is 1. The topological polar surface area (TPSA) is 61.0 Å². The summed E-state index contributed by atoms with van der Waals surface area (Å²) in [6, 6.07) is 10.6. The smallest absolute Gasteiger partial charge is 0.263 e. The second-order valence-electron chi connectivity index (χ2n) is 6.35. The molecule has 24 heavy (non-hydrogen) atoms. The lowest BCUT2D eigenvalue weighted by Crippen LogP contribution is -2.30. The fraction of sp³-hybridized carbons (Fsp3) is 0.333. The highest BCUT2D eigenvalue weighted by atomic mass is 32.1.